The number of halogens is 3. The van der Waals surface area contributed by atoms with Crippen molar-refractivity contribution < 1.29 is 27.4 Å². The Morgan fingerprint density at radius 1 is 1.31 bits per heavy atom. The fraction of sp³-hybridized carbons (Fsp3) is 0.389. The topological polar surface area (TPSA) is 96.6 Å². The molecule has 1 aromatic carbocycles. The summed E-state index contributed by atoms with van der Waals surface area (Å²) < 4.78 is 45.8. The van der Waals surface area contributed by atoms with Gasteiger partial charge in [-0.05, 0) is 24.6 Å². The van der Waals surface area contributed by atoms with Crippen molar-refractivity contribution in [2.45, 2.75) is 19.3 Å². The van der Waals surface area contributed by atoms with E-state index in [9.17, 15) is 22.8 Å². The second kappa shape index (κ2) is 9.41. The largest absolute Gasteiger partial charge is 0.573 e. The van der Waals surface area contributed by atoms with E-state index in [2.05, 4.69) is 20.0 Å². The predicted octanol–water partition coefficient (Wildman–Crippen LogP) is 2.24. The van der Waals surface area contributed by atoms with Crippen molar-refractivity contribution in [3.05, 3.63) is 51.9 Å². The van der Waals surface area contributed by atoms with E-state index < -0.39 is 23.9 Å². The molecule has 158 valence electrons. The minimum absolute atomic E-state index is 0.0517. The van der Waals surface area contributed by atoms with Crippen molar-refractivity contribution in [2.24, 2.45) is 0 Å². The van der Waals surface area contributed by atoms with E-state index in [1.807, 2.05) is 6.92 Å². The summed E-state index contributed by atoms with van der Waals surface area (Å²) in [5.74, 6) is -0.770. The molecule has 2 aromatic rings. The van der Waals surface area contributed by atoms with Gasteiger partial charge in [0.15, 0.2) is 0 Å². The number of amides is 1. The standard InChI is InChI=1S/C18H21F3N4O4/c1-4-25(2)17-23-13(9-15(26)24-17)16(27)22-14(10-28-3)11-5-7-12(8-6-11)29-18(19,20)21/h5-9,14H,4,10H2,1-3H3,(H,22,27)(H,23,24,26)/t14-/m1/s1. The van der Waals surface area contributed by atoms with E-state index in [1.54, 1.807) is 11.9 Å². The normalized spacial score (nSPS) is 12.3. The van der Waals surface area contributed by atoms with Gasteiger partial charge in [-0.2, -0.15) is 0 Å². The molecule has 29 heavy (non-hydrogen) atoms. The number of anilines is 1. The molecule has 0 saturated carbocycles. The van der Waals surface area contributed by atoms with Crippen LogP contribution in [0.15, 0.2) is 35.1 Å². The van der Waals surface area contributed by atoms with Crippen molar-refractivity contribution in [1.29, 1.82) is 0 Å². The minimum Gasteiger partial charge on any atom is -0.406 e. The number of benzene rings is 1. The third-order valence-electron chi connectivity index (χ3n) is 3.95. The van der Waals surface area contributed by atoms with E-state index in [4.69, 9.17) is 4.74 Å². The lowest BCUT2D eigenvalue weighted by Crippen LogP contribution is -2.33. The van der Waals surface area contributed by atoms with Crippen molar-refractivity contribution in [2.75, 3.05) is 32.2 Å². The van der Waals surface area contributed by atoms with Gasteiger partial charge in [0, 0.05) is 26.8 Å². The van der Waals surface area contributed by atoms with Gasteiger partial charge in [-0.15, -0.1) is 13.2 Å². The van der Waals surface area contributed by atoms with Gasteiger partial charge in [0.1, 0.15) is 11.4 Å². The molecule has 2 N–H and O–H groups in total. The molecule has 0 aliphatic carbocycles. The van der Waals surface area contributed by atoms with Crippen LogP contribution in [-0.4, -0.2) is 49.5 Å². The van der Waals surface area contributed by atoms with Crippen LogP contribution in [-0.2, 0) is 4.74 Å². The van der Waals surface area contributed by atoms with Crippen molar-refractivity contribution in [1.82, 2.24) is 15.3 Å². The number of rotatable bonds is 8. The summed E-state index contributed by atoms with van der Waals surface area (Å²) in [5.41, 5.74) is -0.0926. The zero-order valence-electron chi connectivity index (χ0n) is 16.0. The first-order valence-electron chi connectivity index (χ1n) is 8.61. The summed E-state index contributed by atoms with van der Waals surface area (Å²) in [5, 5.41) is 2.67. The molecule has 0 unspecified atom stereocenters. The number of nitrogens with one attached hydrogen (secondary N) is 2. The van der Waals surface area contributed by atoms with E-state index in [1.165, 1.54) is 19.2 Å². The highest BCUT2D eigenvalue weighted by Crippen LogP contribution is 2.24. The molecule has 0 aliphatic heterocycles. The van der Waals surface area contributed by atoms with E-state index in [-0.39, 0.29) is 24.0 Å². The van der Waals surface area contributed by atoms with Crippen LogP contribution in [0.4, 0.5) is 19.1 Å². The third-order valence-corrected chi connectivity index (χ3v) is 3.95. The molecule has 1 aromatic heterocycles. The van der Waals surface area contributed by atoms with Gasteiger partial charge in [0.25, 0.3) is 11.5 Å². The first-order chi connectivity index (χ1) is 13.6. The van der Waals surface area contributed by atoms with Crippen molar-refractivity contribution in [3.8, 4) is 5.75 Å². The van der Waals surface area contributed by atoms with Gasteiger partial charge in [-0.3, -0.25) is 14.6 Å². The van der Waals surface area contributed by atoms with Crippen LogP contribution < -0.4 is 20.5 Å². The van der Waals surface area contributed by atoms with Crippen LogP contribution in [0.1, 0.15) is 29.0 Å². The number of alkyl halides is 3. The summed E-state index contributed by atoms with van der Waals surface area (Å²) in [6.07, 6.45) is -4.79. The number of hydrogen-bond donors (Lipinski definition) is 2. The molecule has 0 radical (unpaired) electrons. The highest BCUT2D eigenvalue weighted by Gasteiger charge is 2.31. The maximum atomic E-state index is 12.6. The molecule has 2 rings (SSSR count). The monoisotopic (exact) mass is 414 g/mol. The van der Waals surface area contributed by atoms with Crippen LogP contribution in [0.25, 0.3) is 0 Å². The summed E-state index contributed by atoms with van der Waals surface area (Å²) in [7, 11) is 3.12. The van der Waals surface area contributed by atoms with Crippen LogP contribution in [0.3, 0.4) is 0 Å². The number of aromatic nitrogens is 2. The van der Waals surface area contributed by atoms with Gasteiger partial charge in [0.2, 0.25) is 5.95 Å². The van der Waals surface area contributed by atoms with E-state index in [0.29, 0.717) is 12.1 Å². The van der Waals surface area contributed by atoms with Crippen LogP contribution in [0.2, 0.25) is 0 Å². The summed E-state index contributed by atoms with van der Waals surface area (Å²) in [4.78, 5) is 32.8. The third kappa shape index (κ3) is 6.49. The Hall–Kier alpha value is -3.08. The molecule has 0 aliphatic rings. The Kier molecular flexibility index (Phi) is 7.21. The molecule has 1 heterocycles. The van der Waals surface area contributed by atoms with Gasteiger partial charge in [-0.1, -0.05) is 12.1 Å². The second-order valence-corrected chi connectivity index (χ2v) is 6.07. The average molecular weight is 414 g/mol. The lowest BCUT2D eigenvalue weighted by Gasteiger charge is -2.20. The number of ether oxygens (including phenoxy) is 2. The maximum absolute atomic E-state index is 12.6. The quantitative estimate of drug-likeness (QED) is 0.688. The molecule has 0 spiro atoms. The molecule has 0 saturated heterocycles. The Morgan fingerprint density at radius 2 is 1.97 bits per heavy atom. The Bertz CT molecular complexity index is 884. The lowest BCUT2D eigenvalue weighted by molar-refractivity contribution is -0.274. The fourth-order valence-corrected chi connectivity index (χ4v) is 2.41. The van der Waals surface area contributed by atoms with Gasteiger partial charge < -0.3 is 19.7 Å². The van der Waals surface area contributed by atoms with E-state index in [0.717, 1.165) is 18.2 Å². The molecular weight excluding hydrogens is 393 g/mol. The zero-order chi connectivity index (χ0) is 21.6. The predicted molar refractivity (Wildman–Crippen MR) is 99.0 cm³/mol. The average Bonchev–Trinajstić information content (AvgIpc) is 2.65. The molecule has 8 nitrogen and oxygen atoms in total. The summed E-state index contributed by atoms with van der Waals surface area (Å²) in [6, 6.07) is 5.42. The molecular formula is C18H21F3N4O4. The lowest BCUT2D eigenvalue weighted by atomic mass is 10.1. The number of methoxy groups -OCH3 is 1. The second-order valence-electron chi connectivity index (χ2n) is 6.07. The van der Waals surface area contributed by atoms with Gasteiger partial charge in [0.05, 0.1) is 12.6 Å². The van der Waals surface area contributed by atoms with Crippen molar-refractivity contribution >= 4 is 11.9 Å². The Labute approximate surface area is 164 Å². The highest BCUT2D eigenvalue weighted by atomic mass is 19.4. The van der Waals surface area contributed by atoms with Crippen LogP contribution in [0.5, 0.6) is 5.75 Å². The number of hydrogen-bond acceptors (Lipinski definition) is 6. The number of carbonyl (C=O) groups is 1. The first kappa shape index (κ1) is 22.2. The Morgan fingerprint density at radius 3 is 2.52 bits per heavy atom. The van der Waals surface area contributed by atoms with E-state index >= 15 is 0 Å². The molecule has 1 amide bonds. The highest BCUT2D eigenvalue weighted by molar-refractivity contribution is 5.92. The van der Waals surface area contributed by atoms with Crippen LogP contribution >= 0.6 is 0 Å². The minimum atomic E-state index is -4.79. The summed E-state index contributed by atoms with van der Waals surface area (Å²) >= 11 is 0. The van der Waals surface area contributed by atoms with Crippen molar-refractivity contribution in [3.63, 3.8) is 0 Å². The van der Waals surface area contributed by atoms with Crippen LogP contribution in [0, 0.1) is 0 Å². The molecule has 0 fully saturated rings. The zero-order valence-corrected chi connectivity index (χ0v) is 16.0. The molecule has 0 bridgehead atoms. The number of carbonyl (C=O) groups excluding carboxylic acids is 1. The first-order valence-corrected chi connectivity index (χ1v) is 8.61. The number of H-pyrrole nitrogens is 1. The number of aromatic amines is 1. The SMILES string of the molecule is CCN(C)c1nc(C(=O)N[C@H](COC)c2ccc(OC(F)(F)F)cc2)cc(=O)[nH]1. The van der Waals surface area contributed by atoms with Gasteiger partial charge in [-0.25, -0.2) is 4.98 Å². The summed E-state index contributed by atoms with van der Waals surface area (Å²) in [6.45, 7) is 2.47. The maximum Gasteiger partial charge on any atom is 0.573 e. The fourth-order valence-electron chi connectivity index (χ4n) is 2.41. The Balaban J connectivity index is 2.21. The number of nitrogens with zero attached hydrogens (tertiary/aromatic N) is 2. The molecule has 1 atom stereocenters. The smallest absolute Gasteiger partial charge is 0.406 e. The molecule has 11 heteroatoms. The van der Waals surface area contributed by atoms with Gasteiger partial charge >= 0.3 is 6.36 Å².